The molecule has 2 aromatic rings. The van der Waals surface area contributed by atoms with Gasteiger partial charge in [0.25, 0.3) is 0 Å². The molecule has 0 amide bonds. The van der Waals surface area contributed by atoms with Crippen LogP contribution in [-0.4, -0.2) is 12.2 Å². The average molecular weight is 689 g/mol. The van der Waals surface area contributed by atoms with Crippen LogP contribution in [0.1, 0.15) is 75.0 Å². The van der Waals surface area contributed by atoms with Crippen molar-refractivity contribution in [1.82, 2.24) is 0 Å². The molecule has 2 saturated carbocycles. The van der Waals surface area contributed by atoms with Gasteiger partial charge in [0.1, 0.15) is 40.4 Å². The fourth-order valence-corrected chi connectivity index (χ4v) is 6.08. The molecule has 0 N–H and O–H groups in total. The molecule has 4 rings (SSSR count). The summed E-state index contributed by atoms with van der Waals surface area (Å²) in [7, 11) is 0. The van der Waals surface area contributed by atoms with E-state index in [1.165, 1.54) is 6.07 Å². The highest BCUT2D eigenvalue weighted by atomic mass is 19.4. The average Bonchev–Trinajstić information content (AvgIpc) is 2.98. The number of hydrogen-bond acceptors (Lipinski definition) is 2. The molecule has 260 valence electrons. The summed E-state index contributed by atoms with van der Waals surface area (Å²) in [5, 5.41) is 0. The Labute approximate surface area is 263 Å². The van der Waals surface area contributed by atoms with Gasteiger partial charge in [-0.2, -0.15) is 30.7 Å². The fraction of sp³-hybridized carbons (Fsp3) is 0.515. The highest BCUT2D eigenvalue weighted by molar-refractivity contribution is 5.32. The van der Waals surface area contributed by atoms with E-state index >= 15 is 8.78 Å². The Bertz CT molecular complexity index is 1430. The fourth-order valence-electron chi connectivity index (χ4n) is 6.08. The molecule has 0 saturated heterocycles. The molecular formula is C33H32F12O2. The van der Waals surface area contributed by atoms with Crippen molar-refractivity contribution in [2.24, 2.45) is 17.8 Å². The van der Waals surface area contributed by atoms with E-state index in [1.54, 1.807) is 19.1 Å². The zero-order valence-corrected chi connectivity index (χ0v) is 25.1. The van der Waals surface area contributed by atoms with Crippen LogP contribution in [0.25, 0.3) is 0 Å². The number of benzene rings is 2. The van der Waals surface area contributed by atoms with Gasteiger partial charge in [0.2, 0.25) is 0 Å². The van der Waals surface area contributed by atoms with Crippen LogP contribution in [0.5, 0.6) is 5.75 Å². The molecular weight excluding hydrogens is 656 g/mol. The van der Waals surface area contributed by atoms with Crippen LogP contribution in [-0.2, 0) is 23.4 Å². The predicted molar refractivity (Wildman–Crippen MR) is 147 cm³/mol. The molecule has 2 fully saturated rings. The van der Waals surface area contributed by atoms with Gasteiger partial charge in [-0.3, -0.25) is 0 Å². The third-order valence-electron chi connectivity index (χ3n) is 8.63. The van der Waals surface area contributed by atoms with Gasteiger partial charge in [0.15, 0.2) is 0 Å². The van der Waals surface area contributed by atoms with Gasteiger partial charge in [0, 0.05) is 24.0 Å². The summed E-state index contributed by atoms with van der Waals surface area (Å²) in [6, 6.07) is 3.29. The van der Waals surface area contributed by atoms with E-state index in [2.05, 4.69) is 4.74 Å². The number of halogens is 12. The quantitative estimate of drug-likeness (QED) is 0.183. The second-order valence-electron chi connectivity index (χ2n) is 11.9. The van der Waals surface area contributed by atoms with E-state index in [0.717, 1.165) is 12.1 Å². The van der Waals surface area contributed by atoms with Crippen LogP contribution in [0.2, 0.25) is 0 Å². The van der Waals surface area contributed by atoms with Gasteiger partial charge in [-0.15, -0.1) is 0 Å². The Morgan fingerprint density at radius 3 is 1.77 bits per heavy atom. The molecule has 2 aliphatic carbocycles. The van der Waals surface area contributed by atoms with E-state index in [1.807, 2.05) is 0 Å². The Morgan fingerprint density at radius 1 is 0.745 bits per heavy atom. The first-order valence-corrected chi connectivity index (χ1v) is 15.1. The summed E-state index contributed by atoms with van der Waals surface area (Å²) < 4.78 is 179. The third-order valence-corrected chi connectivity index (χ3v) is 8.63. The summed E-state index contributed by atoms with van der Waals surface area (Å²) in [6.07, 6.45) is -12.2. The van der Waals surface area contributed by atoms with Crippen molar-refractivity contribution in [2.75, 3.05) is 0 Å². The summed E-state index contributed by atoms with van der Waals surface area (Å²) >= 11 is 0. The van der Waals surface area contributed by atoms with Gasteiger partial charge in [-0.1, -0.05) is 18.2 Å². The highest BCUT2D eigenvalue weighted by Crippen LogP contribution is 2.46. The van der Waals surface area contributed by atoms with Crippen LogP contribution in [0.15, 0.2) is 54.1 Å². The predicted octanol–water partition coefficient (Wildman–Crippen LogP) is 11.5. The maximum atomic E-state index is 15.1. The molecule has 0 aromatic heterocycles. The van der Waals surface area contributed by atoms with Crippen LogP contribution in [0.3, 0.4) is 0 Å². The Hall–Kier alpha value is -3.16. The largest absolute Gasteiger partial charge is 0.432 e. The molecule has 0 bridgehead atoms. The summed E-state index contributed by atoms with van der Waals surface area (Å²) in [5.74, 6) is -12.5. The molecule has 47 heavy (non-hydrogen) atoms. The number of rotatable bonds is 10. The Morgan fingerprint density at radius 2 is 1.28 bits per heavy atom. The topological polar surface area (TPSA) is 18.5 Å². The maximum absolute atomic E-state index is 15.1. The molecule has 0 atom stereocenters. The van der Waals surface area contributed by atoms with Crippen LogP contribution in [0, 0.1) is 35.2 Å². The number of allylic oxidation sites excluding steroid dienone is 4. The van der Waals surface area contributed by atoms with Crippen molar-refractivity contribution in [3.05, 3.63) is 88.3 Å². The number of alkyl halides is 7. The second-order valence-corrected chi connectivity index (χ2v) is 11.9. The third kappa shape index (κ3) is 8.85. The van der Waals surface area contributed by atoms with Gasteiger partial charge in [0.05, 0.1) is 17.6 Å². The zero-order valence-electron chi connectivity index (χ0n) is 25.1. The first-order chi connectivity index (χ1) is 21.9. The molecule has 14 heteroatoms. The van der Waals surface area contributed by atoms with E-state index in [-0.39, 0.29) is 50.7 Å². The highest BCUT2D eigenvalue weighted by Gasteiger charge is 2.46. The summed E-state index contributed by atoms with van der Waals surface area (Å²) in [5.41, 5.74) is -2.70. The summed E-state index contributed by atoms with van der Waals surface area (Å²) in [4.78, 5) is 0. The lowest BCUT2D eigenvalue weighted by atomic mass is 9.79. The molecule has 0 unspecified atom stereocenters. The number of ether oxygens (including phenoxy) is 2. The van der Waals surface area contributed by atoms with Crippen LogP contribution >= 0.6 is 0 Å². The van der Waals surface area contributed by atoms with Crippen molar-refractivity contribution in [2.45, 2.75) is 89.2 Å². The van der Waals surface area contributed by atoms with Gasteiger partial charge < -0.3 is 9.47 Å². The lowest BCUT2D eigenvalue weighted by molar-refractivity contribution is -0.279. The van der Waals surface area contributed by atoms with E-state index in [9.17, 15) is 43.9 Å². The minimum atomic E-state index is -5.40. The van der Waals surface area contributed by atoms with E-state index in [0.29, 0.717) is 12.0 Å². The SMILES string of the molecule is C/C=C\Cc1ccc(C(F)(F)OC2CCC(/C(F)=C(\F)C3CCC(C(F)(F)Oc4cc(F)c(C(F)(F)F)c(F)c4)CC3)CC2)c(F)c1. The first kappa shape index (κ1) is 36.7. The second kappa shape index (κ2) is 14.5. The molecule has 0 spiro atoms. The van der Waals surface area contributed by atoms with Crippen LogP contribution < -0.4 is 4.74 Å². The van der Waals surface area contributed by atoms with Crippen molar-refractivity contribution >= 4 is 0 Å². The maximum Gasteiger partial charge on any atom is 0.422 e. The Balaban J connectivity index is 1.30. The molecule has 0 radical (unpaired) electrons. The normalized spacial score (nSPS) is 23.6. The Kier molecular flexibility index (Phi) is 11.3. The molecule has 2 aliphatic rings. The molecule has 0 aliphatic heterocycles. The van der Waals surface area contributed by atoms with Crippen LogP contribution in [0.4, 0.5) is 52.7 Å². The molecule has 0 heterocycles. The van der Waals surface area contributed by atoms with Crippen molar-refractivity contribution in [1.29, 1.82) is 0 Å². The van der Waals surface area contributed by atoms with Crippen molar-refractivity contribution in [3.63, 3.8) is 0 Å². The molecule has 2 nitrogen and oxygen atoms in total. The lowest BCUT2D eigenvalue weighted by Crippen LogP contribution is -2.37. The smallest absolute Gasteiger partial charge is 0.422 e. The van der Waals surface area contributed by atoms with E-state index < -0.39 is 101 Å². The molecule has 2 aromatic carbocycles. The zero-order chi connectivity index (χ0) is 34.7. The van der Waals surface area contributed by atoms with Gasteiger partial charge >= 0.3 is 18.4 Å². The summed E-state index contributed by atoms with van der Waals surface area (Å²) in [6.45, 7) is 1.76. The monoisotopic (exact) mass is 688 g/mol. The minimum Gasteiger partial charge on any atom is -0.432 e. The first-order valence-electron chi connectivity index (χ1n) is 15.1. The van der Waals surface area contributed by atoms with Gasteiger partial charge in [-0.05, 0) is 82.4 Å². The number of hydrogen-bond donors (Lipinski definition) is 0. The lowest BCUT2D eigenvalue weighted by Gasteiger charge is -2.34. The van der Waals surface area contributed by atoms with Gasteiger partial charge in [-0.25, -0.2) is 22.0 Å². The van der Waals surface area contributed by atoms with Crippen molar-refractivity contribution < 1.29 is 62.2 Å². The standard InChI is InChI=1S/C33H32F12O2/c1-2-3-4-18-5-14-24(25(34)15-18)33(44,45)46-22-12-8-20(9-13-22)30(38)29(37)19-6-10-21(11-7-19)32(42,43)47-23-16-26(35)28(27(36)17-23)31(39,40)41/h2-3,5,14-17,19-22H,4,6-13H2,1H3/b3-2-,30-29+. The van der Waals surface area contributed by atoms with E-state index in [4.69, 9.17) is 4.74 Å². The van der Waals surface area contributed by atoms with Crippen molar-refractivity contribution in [3.8, 4) is 5.75 Å². The minimum absolute atomic E-state index is 0.00787.